The lowest BCUT2D eigenvalue weighted by molar-refractivity contribution is 0.0540. The highest BCUT2D eigenvalue weighted by Crippen LogP contribution is 2.26. The first-order valence-electron chi connectivity index (χ1n) is 6.35. The van der Waals surface area contributed by atoms with Crippen LogP contribution in [0.4, 0.5) is 4.79 Å². The Kier molecular flexibility index (Phi) is 4.09. The third-order valence-electron chi connectivity index (χ3n) is 2.75. The number of hydrogen-bond donors (Lipinski definition) is 0. The summed E-state index contributed by atoms with van der Waals surface area (Å²) in [4.78, 5) is 23.8. The van der Waals surface area contributed by atoms with E-state index in [9.17, 15) is 9.59 Å². The minimum Gasteiger partial charge on any atom is -0.465 e. The van der Waals surface area contributed by atoms with Gasteiger partial charge in [0, 0.05) is 5.39 Å². The third kappa shape index (κ3) is 3.26. The number of halogens is 1. The van der Waals surface area contributed by atoms with Crippen LogP contribution in [-0.4, -0.2) is 29.3 Å². The number of nitrogens with zero attached hydrogens (tertiary/aromatic N) is 1. The molecular weight excluding hydrogens is 338 g/mol. The van der Waals surface area contributed by atoms with E-state index in [2.05, 4.69) is 20.7 Å². The van der Waals surface area contributed by atoms with Crippen molar-refractivity contribution in [3.05, 3.63) is 34.4 Å². The quantitative estimate of drug-likeness (QED) is 0.727. The Hall–Kier alpha value is -1.82. The molecule has 0 radical (unpaired) electrons. The van der Waals surface area contributed by atoms with Gasteiger partial charge < -0.3 is 9.47 Å². The van der Waals surface area contributed by atoms with E-state index in [1.807, 2.05) is 0 Å². The number of carbonyl (C=O) groups is 2. The maximum Gasteiger partial charge on any atom is 0.419 e. The smallest absolute Gasteiger partial charge is 0.419 e. The average molecular weight is 354 g/mol. The molecule has 0 aliphatic heterocycles. The molecule has 6 heteroatoms. The van der Waals surface area contributed by atoms with Crippen LogP contribution in [0.2, 0.25) is 0 Å². The number of fused-ring (bicyclic) bond motifs is 1. The second-order valence-corrected chi connectivity index (χ2v) is 6.36. The molecule has 21 heavy (non-hydrogen) atoms. The van der Waals surface area contributed by atoms with Crippen molar-refractivity contribution in [1.29, 1.82) is 0 Å². The fraction of sp³-hybridized carbons (Fsp3) is 0.333. The van der Waals surface area contributed by atoms with Gasteiger partial charge in [-0.05, 0) is 61.0 Å². The van der Waals surface area contributed by atoms with Crippen LogP contribution in [0.3, 0.4) is 0 Å². The summed E-state index contributed by atoms with van der Waals surface area (Å²) in [7, 11) is 1.33. The fourth-order valence-electron chi connectivity index (χ4n) is 1.92. The van der Waals surface area contributed by atoms with Crippen molar-refractivity contribution >= 4 is 38.9 Å². The Morgan fingerprint density at radius 1 is 1.19 bits per heavy atom. The molecule has 2 aromatic rings. The van der Waals surface area contributed by atoms with Gasteiger partial charge in [0.1, 0.15) is 5.60 Å². The molecule has 1 heterocycles. The number of esters is 1. The lowest BCUT2D eigenvalue weighted by Crippen LogP contribution is -2.27. The van der Waals surface area contributed by atoms with Crippen LogP contribution in [0.25, 0.3) is 10.9 Å². The Bertz CT molecular complexity index is 712. The Morgan fingerprint density at radius 2 is 1.86 bits per heavy atom. The zero-order chi connectivity index (χ0) is 15.8. The standard InChI is InChI=1S/C15H16BrNO4/c1-15(2,3)21-14(19)17-11-6-5-9(13(18)20-4)7-10(11)8-12(17)16/h5-8H,1-4H3. The van der Waals surface area contributed by atoms with Crippen LogP contribution < -0.4 is 0 Å². The number of benzene rings is 1. The molecule has 0 amide bonds. The van der Waals surface area contributed by atoms with E-state index in [1.54, 1.807) is 45.0 Å². The summed E-state index contributed by atoms with van der Waals surface area (Å²) in [6.07, 6.45) is -0.477. The van der Waals surface area contributed by atoms with Crippen LogP contribution >= 0.6 is 15.9 Å². The summed E-state index contributed by atoms with van der Waals surface area (Å²) in [5.41, 5.74) is 0.502. The summed E-state index contributed by atoms with van der Waals surface area (Å²) in [5.74, 6) is -0.418. The van der Waals surface area contributed by atoms with Gasteiger partial charge >= 0.3 is 12.1 Å². The molecule has 1 aromatic heterocycles. The molecule has 0 saturated heterocycles. The van der Waals surface area contributed by atoms with Gasteiger partial charge in [-0.1, -0.05) is 0 Å². The van der Waals surface area contributed by atoms with E-state index in [-0.39, 0.29) is 0 Å². The molecule has 1 aromatic carbocycles. The minimum absolute atomic E-state index is 0.418. The monoisotopic (exact) mass is 353 g/mol. The van der Waals surface area contributed by atoms with Crippen molar-refractivity contribution in [3.8, 4) is 0 Å². The lowest BCUT2D eigenvalue weighted by atomic mass is 10.1. The van der Waals surface area contributed by atoms with E-state index < -0.39 is 17.7 Å². The molecular formula is C15H16BrNO4. The largest absolute Gasteiger partial charge is 0.465 e. The molecule has 2 rings (SSSR count). The van der Waals surface area contributed by atoms with E-state index >= 15 is 0 Å². The highest BCUT2D eigenvalue weighted by molar-refractivity contribution is 9.10. The Balaban J connectivity index is 2.49. The normalized spacial score (nSPS) is 11.5. The maximum absolute atomic E-state index is 12.3. The molecule has 0 saturated carbocycles. The van der Waals surface area contributed by atoms with Gasteiger partial charge in [0.05, 0.1) is 22.8 Å². The first kappa shape index (κ1) is 15.6. The molecule has 0 aliphatic carbocycles. The fourth-order valence-corrected chi connectivity index (χ4v) is 2.50. The zero-order valence-electron chi connectivity index (χ0n) is 12.3. The average Bonchev–Trinajstić information content (AvgIpc) is 2.70. The first-order chi connectivity index (χ1) is 9.73. The number of ether oxygens (including phenoxy) is 2. The predicted molar refractivity (Wildman–Crippen MR) is 82.6 cm³/mol. The summed E-state index contributed by atoms with van der Waals surface area (Å²) in [6.45, 7) is 5.42. The molecule has 0 atom stereocenters. The van der Waals surface area contributed by atoms with E-state index in [0.717, 1.165) is 5.39 Å². The van der Waals surface area contributed by atoms with Gasteiger partial charge in [-0.15, -0.1) is 0 Å². The van der Waals surface area contributed by atoms with Crippen molar-refractivity contribution < 1.29 is 19.1 Å². The summed E-state index contributed by atoms with van der Waals surface area (Å²) in [6, 6.07) is 6.73. The Labute approximate surface area is 131 Å². The van der Waals surface area contributed by atoms with Crippen LogP contribution in [0.5, 0.6) is 0 Å². The van der Waals surface area contributed by atoms with Gasteiger partial charge in [0.15, 0.2) is 0 Å². The minimum atomic E-state index is -0.584. The van der Waals surface area contributed by atoms with Gasteiger partial charge in [0.2, 0.25) is 0 Å². The van der Waals surface area contributed by atoms with Gasteiger partial charge in [-0.3, -0.25) is 0 Å². The van der Waals surface area contributed by atoms with Crippen LogP contribution in [-0.2, 0) is 9.47 Å². The molecule has 0 aliphatic rings. The molecule has 0 spiro atoms. The molecule has 0 N–H and O–H groups in total. The van der Waals surface area contributed by atoms with Gasteiger partial charge in [-0.2, -0.15) is 0 Å². The number of hydrogen-bond acceptors (Lipinski definition) is 4. The summed E-state index contributed by atoms with van der Waals surface area (Å²) in [5, 5.41) is 0.746. The maximum atomic E-state index is 12.3. The predicted octanol–water partition coefficient (Wildman–Crippen LogP) is 3.97. The van der Waals surface area contributed by atoms with Gasteiger partial charge in [0.25, 0.3) is 0 Å². The molecule has 0 unspecified atom stereocenters. The lowest BCUT2D eigenvalue weighted by Gasteiger charge is -2.20. The van der Waals surface area contributed by atoms with E-state index in [4.69, 9.17) is 4.74 Å². The second-order valence-electron chi connectivity index (χ2n) is 5.55. The second kappa shape index (κ2) is 5.52. The van der Waals surface area contributed by atoms with E-state index in [0.29, 0.717) is 15.7 Å². The molecule has 5 nitrogen and oxygen atoms in total. The molecule has 0 bridgehead atoms. The van der Waals surface area contributed by atoms with Crippen molar-refractivity contribution in [2.24, 2.45) is 0 Å². The van der Waals surface area contributed by atoms with Crippen molar-refractivity contribution in [3.63, 3.8) is 0 Å². The highest BCUT2D eigenvalue weighted by atomic mass is 79.9. The zero-order valence-corrected chi connectivity index (χ0v) is 13.9. The third-order valence-corrected chi connectivity index (χ3v) is 3.34. The van der Waals surface area contributed by atoms with Crippen LogP contribution in [0.15, 0.2) is 28.9 Å². The van der Waals surface area contributed by atoms with Gasteiger partial charge in [-0.25, -0.2) is 14.2 Å². The summed E-state index contributed by atoms with van der Waals surface area (Å²) >= 11 is 3.34. The number of methoxy groups -OCH3 is 1. The SMILES string of the molecule is COC(=O)c1ccc2c(c1)cc(Br)n2C(=O)OC(C)(C)C. The van der Waals surface area contributed by atoms with Crippen molar-refractivity contribution in [1.82, 2.24) is 4.57 Å². The van der Waals surface area contributed by atoms with E-state index in [1.165, 1.54) is 11.7 Å². The Morgan fingerprint density at radius 3 is 2.43 bits per heavy atom. The van der Waals surface area contributed by atoms with Crippen molar-refractivity contribution in [2.45, 2.75) is 26.4 Å². The first-order valence-corrected chi connectivity index (χ1v) is 7.15. The van der Waals surface area contributed by atoms with Crippen LogP contribution in [0, 0.1) is 0 Å². The van der Waals surface area contributed by atoms with Crippen molar-refractivity contribution in [2.75, 3.05) is 7.11 Å². The van der Waals surface area contributed by atoms with Crippen LogP contribution in [0.1, 0.15) is 31.1 Å². The number of rotatable bonds is 1. The number of aromatic nitrogens is 1. The topological polar surface area (TPSA) is 57.5 Å². The molecule has 0 fully saturated rings. The number of carbonyl (C=O) groups excluding carboxylic acids is 2. The highest BCUT2D eigenvalue weighted by Gasteiger charge is 2.21. The molecule has 112 valence electrons. The summed E-state index contributed by atoms with van der Waals surface area (Å²) < 4.78 is 12.0.